The fourth-order valence-electron chi connectivity index (χ4n) is 2.08. The monoisotopic (exact) mass is 253 g/mol. The predicted octanol–water partition coefficient (Wildman–Crippen LogP) is 2.64. The number of fused-ring (bicyclic) bond motifs is 1. The molecule has 0 aliphatic heterocycles. The molecule has 2 aromatic heterocycles. The molecule has 0 amide bonds. The molecule has 1 aromatic carbocycles. The maximum atomic E-state index is 5.15. The van der Waals surface area contributed by atoms with Crippen molar-refractivity contribution in [2.75, 3.05) is 7.11 Å². The molecule has 0 aliphatic carbocycles. The summed E-state index contributed by atoms with van der Waals surface area (Å²) >= 11 is 0. The standard InChI is InChI=1S/C15H15N3O/c1-11-4-3-9-18-15(11)16-14(17-18)10-12-5-7-13(19-2)8-6-12/h3-9H,10H2,1-2H3. The highest BCUT2D eigenvalue weighted by Gasteiger charge is 2.06. The number of ether oxygens (including phenoxy) is 1. The predicted molar refractivity (Wildman–Crippen MR) is 73.5 cm³/mol. The summed E-state index contributed by atoms with van der Waals surface area (Å²) in [6, 6.07) is 12.0. The first-order valence-electron chi connectivity index (χ1n) is 6.20. The smallest absolute Gasteiger partial charge is 0.158 e. The Labute approximate surface area is 111 Å². The summed E-state index contributed by atoms with van der Waals surface area (Å²) in [5.41, 5.74) is 3.23. The van der Waals surface area contributed by atoms with E-state index in [1.54, 1.807) is 7.11 Å². The zero-order chi connectivity index (χ0) is 13.2. The fraction of sp³-hybridized carbons (Fsp3) is 0.200. The van der Waals surface area contributed by atoms with Crippen molar-refractivity contribution in [3.8, 4) is 5.75 Å². The molecule has 19 heavy (non-hydrogen) atoms. The highest BCUT2D eigenvalue weighted by molar-refractivity contribution is 5.46. The normalized spacial score (nSPS) is 10.8. The van der Waals surface area contributed by atoms with Crippen LogP contribution in [-0.2, 0) is 6.42 Å². The molecule has 4 nitrogen and oxygen atoms in total. The molecule has 4 heteroatoms. The van der Waals surface area contributed by atoms with E-state index in [0.717, 1.165) is 29.2 Å². The van der Waals surface area contributed by atoms with Crippen LogP contribution >= 0.6 is 0 Å². The van der Waals surface area contributed by atoms with Gasteiger partial charge in [0.15, 0.2) is 11.5 Å². The molecule has 0 N–H and O–H groups in total. The van der Waals surface area contributed by atoms with Crippen molar-refractivity contribution < 1.29 is 4.74 Å². The molecule has 3 rings (SSSR count). The molecule has 0 saturated carbocycles. The Kier molecular flexibility index (Phi) is 2.91. The molecule has 0 saturated heterocycles. The molecule has 0 fully saturated rings. The van der Waals surface area contributed by atoms with Crippen LogP contribution in [0.1, 0.15) is 17.0 Å². The quantitative estimate of drug-likeness (QED) is 0.720. The Hall–Kier alpha value is -2.36. The third-order valence-corrected chi connectivity index (χ3v) is 3.12. The van der Waals surface area contributed by atoms with Gasteiger partial charge in [0.2, 0.25) is 0 Å². The lowest BCUT2D eigenvalue weighted by Crippen LogP contribution is -1.92. The van der Waals surface area contributed by atoms with Crippen LogP contribution < -0.4 is 4.74 Å². The zero-order valence-corrected chi connectivity index (χ0v) is 11.0. The molecule has 3 aromatic rings. The number of rotatable bonds is 3. The summed E-state index contributed by atoms with van der Waals surface area (Å²) in [7, 11) is 1.67. The van der Waals surface area contributed by atoms with E-state index in [4.69, 9.17) is 4.74 Å². The van der Waals surface area contributed by atoms with Gasteiger partial charge in [0.25, 0.3) is 0 Å². The number of pyridine rings is 1. The minimum Gasteiger partial charge on any atom is -0.497 e. The Morgan fingerprint density at radius 3 is 2.63 bits per heavy atom. The summed E-state index contributed by atoms with van der Waals surface area (Å²) in [6.07, 6.45) is 2.65. The summed E-state index contributed by atoms with van der Waals surface area (Å²) in [4.78, 5) is 4.57. The van der Waals surface area contributed by atoms with Crippen molar-refractivity contribution >= 4 is 5.65 Å². The van der Waals surface area contributed by atoms with Crippen molar-refractivity contribution in [2.24, 2.45) is 0 Å². The average molecular weight is 253 g/mol. The first-order valence-corrected chi connectivity index (χ1v) is 6.20. The molecule has 0 bridgehead atoms. The van der Waals surface area contributed by atoms with Crippen LogP contribution in [-0.4, -0.2) is 21.7 Å². The van der Waals surface area contributed by atoms with Crippen LogP contribution in [0.2, 0.25) is 0 Å². The first-order chi connectivity index (χ1) is 9.26. The summed E-state index contributed by atoms with van der Waals surface area (Å²) in [5, 5.41) is 4.49. The van der Waals surface area contributed by atoms with E-state index in [1.807, 2.05) is 54.0 Å². The van der Waals surface area contributed by atoms with Gasteiger partial charge >= 0.3 is 0 Å². The highest BCUT2D eigenvalue weighted by atomic mass is 16.5. The lowest BCUT2D eigenvalue weighted by molar-refractivity contribution is 0.414. The molecule has 0 unspecified atom stereocenters. The third kappa shape index (κ3) is 2.29. The lowest BCUT2D eigenvalue weighted by atomic mass is 10.1. The van der Waals surface area contributed by atoms with Gasteiger partial charge in [-0.1, -0.05) is 18.2 Å². The van der Waals surface area contributed by atoms with E-state index < -0.39 is 0 Å². The van der Waals surface area contributed by atoms with Crippen molar-refractivity contribution in [1.82, 2.24) is 14.6 Å². The molecule has 0 radical (unpaired) electrons. The van der Waals surface area contributed by atoms with Gasteiger partial charge in [-0.15, -0.1) is 0 Å². The number of aryl methyl sites for hydroxylation is 1. The van der Waals surface area contributed by atoms with Gasteiger partial charge < -0.3 is 4.74 Å². The maximum Gasteiger partial charge on any atom is 0.158 e. The minimum absolute atomic E-state index is 0.727. The second-order valence-electron chi connectivity index (χ2n) is 4.51. The van der Waals surface area contributed by atoms with Gasteiger partial charge in [-0.05, 0) is 36.2 Å². The maximum absolute atomic E-state index is 5.15. The molecule has 0 atom stereocenters. The third-order valence-electron chi connectivity index (χ3n) is 3.12. The molecule has 2 heterocycles. The number of aromatic nitrogens is 3. The van der Waals surface area contributed by atoms with E-state index in [-0.39, 0.29) is 0 Å². The summed E-state index contributed by atoms with van der Waals surface area (Å²) in [6.45, 7) is 2.04. The van der Waals surface area contributed by atoms with Gasteiger partial charge in [0.1, 0.15) is 5.75 Å². The van der Waals surface area contributed by atoms with Gasteiger partial charge in [0, 0.05) is 12.6 Å². The number of benzene rings is 1. The van der Waals surface area contributed by atoms with Crippen molar-refractivity contribution in [2.45, 2.75) is 13.3 Å². The Bertz CT molecular complexity index is 701. The van der Waals surface area contributed by atoms with E-state index in [2.05, 4.69) is 10.1 Å². The molecule has 0 spiro atoms. The van der Waals surface area contributed by atoms with Gasteiger partial charge in [-0.25, -0.2) is 9.50 Å². The van der Waals surface area contributed by atoms with Crippen molar-refractivity contribution in [3.05, 3.63) is 59.5 Å². The largest absolute Gasteiger partial charge is 0.497 e. The van der Waals surface area contributed by atoms with E-state index >= 15 is 0 Å². The Morgan fingerprint density at radius 2 is 1.95 bits per heavy atom. The first kappa shape index (κ1) is 11.7. The van der Waals surface area contributed by atoms with Crippen LogP contribution in [0.5, 0.6) is 5.75 Å². The molecule has 0 aliphatic rings. The Morgan fingerprint density at radius 1 is 1.16 bits per heavy atom. The average Bonchev–Trinajstić information content (AvgIpc) is 2.84. The summed E-state index contributed by atoms with van der Waals surface area (Å²) < 4.78 is 6.98. The number of nitrogens with zero attached hydrogens (tertiary/aromatic N) is 3. The SMILES string of the molecule is COc1ccc(Cc2nc3c(C)cccn3n2)cc1. The minimum atomic E-state index is 0.727. The molecular weight excluding hydrogens is 238 g/mol. The van der Waals surface area contributed by atoms with Crippen molar-refractivity contribution in [1.29, 1.82) is 0 Å². The van der Waals surface area contributed by atoms with Crippen LogP contribution in [0.25, 0.3) is 5.65 Å². The molecule has 96 valence electrons. The summed E-state index contributed by atoms with van der Waals surface area (Å²) in [5.74, 6) is 1.70. The Balaban J connectivity index is 1.90. The number of hydrogen-bond acceptors (Lipinski definition) is 3. The fourth-order valence-corrected chi connectivity index (χ4v) is 2.08. The van der Waals surface area contributed by atoms with Gasteiger partial charge in [0.05, 0.1) is 7.11 Å². The van der Waals surface area contributed by atoms with Crippen molar-refractivity contribution in [3.63, 3.8) is 0 Å². The lowest BCUT2D eigenvalue weighted by Gasteiger charge is -2.00. The number of methoxy groups -OCH3 is 1. The van der Waals surface area contributed by atoms with Gasteiger partial charge in [-0.3, -0.25) is 0 Å². The zero-order valence-electron chi connectivity index (χ0n) is 11.0. The number of hydrogen-bond donors (Lipinski definition) is 0. The van der Waals surface area contributed by atoms with Crippen LogP contribution in [0.4, 0.5) is 0 Å². The molecular formula is C15H15N3O. The van der Waals surface area contributed by atoms with E-state index in [0.29, 0.717) is 0 Å². The van der Waals surface area contributed by atoms with E-state index in [9.17, 15) is 0 Å². The van der Waals surface area contributed by atoms with Crippen LogP contribution in [0.15, 0.2) is 42.6 Å². The highest BCUT2D eigenvalue weighted by Crippen LogP contribution is 2.14. The topological polar surface area (TPSA) is 39.4 Å². The van der Waals surface area contributed by atoms with Crippen LogP contribution in [0, 0.1) is 6.92 Å². The van der Waals surface area contributed by atoms with Crippen LogP contribution in [0.3, 0.4) is 0 Å². The second kappa shape index (κ2) is 4.72. The second-order valence-corrected chi connectivity index (χ2v) is 4.51. The van der Waals surface area contributed by atoms with Gasteiger partial charge in [-0.2, -0.15) is 5.10 Å². The van der Waals surface area contributed by atoms with E-state index in [1.165, 1.54) is 5.56 Å².